The third kappa shape index (κ3) is 2.96. The Morgan fingerprint density at radius 1 is 1.56 bits per heavy atom. The van der Waals surface area contributed by atoms with Gasteiger partial charge in [-0.25, -0.2) is 0 Å². The standard InChI is InChI=1S/C10H12BrN3O2/c1-14(6-9(12)13-16)10(15)7-4-2-3-5-8(7)11/h2-5,16H,6H2,1H3,(H2,12,13). The van der Waals surface area contributed by atoms with Gasteiger partial charge in [0.05, 0.1) is 12.1 Å². The molecule has 0 atom stereocenters. The highest BCUT2D eigenvalue weighted by molar-refractivity contribution is 9.10. The van der Waals surface area contributed by atoms with Gasteiger partial charge in [-0.3, -0.25) is 4.79 Å². The number of likely N-dealkylation sites (N-methyl/N-ethyl adjacent to an activating group) is 1. The van der Waals surface area contributed by atoms with Crippen molar-refractivity contribution in [2.45, 2.75) is 0 Å². The number of carbonyl (C=O) groups excluding carboxylic acids is 1. The van der Waals surface area contributed by atoms with Gasteiger partial charge in [0.15, 0.2) is 5.84 Å². The maximum absolute atomic E-state index is 11.9. The summed E-state index contributed by atoms with van der Waals surface area (Å²) >= 11 is 3.29. The van der Waals surface area contributed by atoms with Gasteiger partial charge in [0, 0.05) is 11.5 Å². The molecule has 0 aliphatic rings. The van der Waals surface area contributed by atoms with E-state index >= 15 is 0 Å². The Morgan fingerprint density at radius 2 is 2.19 bits per heavy atom. The lowest BCUT2D eigenvalue weighted by Gasteiger charge is -2.16. The molecule has 0 saturated carbocycles. The van der Waals surface area contributed by atoms with Crippen molar-refractivity contribution in [3.05, 3.63) is 34.3 Å². The highest BCUT2D eigenvalue weighted by Gasteiger charge is 2.15. The molecule has 1 rings (SSSR count). The molecule has 0 bridgehead atoms. The lowest BCUT2D eigenvalue weighted by molar-refractivity contribution is 0.0813. The van der Waals surface area contributed by atoms with Crippen LogP contribution in [0.15, 0.2) is 33.9 Å². The Labute approximate surface area is 102 Å². The van der Waals surface area contributed by atoms with Crippen LogP contribution in [-0.2, 0) is 0 Å². The van der Waals surface area contributed by atoms with Crippen molar-refractivity contribution in [2.75, 3.05) is 13.6 Å². The van der Waals surface area contributed by atoms with E-state index < -0.39 is 0 Å². The monoisotopic (exact) mass is 285 g/mol. The van der Waals surface area contributed by atoms with E-state index in [0.29, 0.717) is 10.0 Å². The SMILES string of the molecule is CN(CC(N)=NO)C(=O)c1ccccc1Br. The van der Waals surface area contributed by atoms with Crippen molar-refractivity contribution < 1.29 is 10.0 Å². The van der Waals surface area contributed by atoms with Crippen LogP contribution in [0.2, 0.25) is 0 Å². The Morgan fingerprint density at radius 3 is 2.75 bits per heavy atom. The fourth-order valence-corrected chi connectivity index (χ4v) is 1.64. The van der Waals surface area contributed by atoms with Gasteiger partial charge in [0.1, 0.15) is 0 Å². The van der Waals surface area contributed by atoms with E-state index in [4.69, 9.17) is 10.9 Å². The largest absolute Gasteiger partial charge is 0.409 e. The number of benzene rings is 1. The first-order valence-corrected chi connectivity index (χ1v) is 5.32. The summed E-state index contributed by atoms with van der Waals surface area (Å²) in [5.41, 5.74) is 5.86. The van der Waals surface area contributed by atoms with Crippen LogP contribution in [0.3, 0.4) is 0 Å². The molecule has 0 aromatic heterocycles. The Hall–Kier alpha value is -1.56. The molecule has 5 nitrogen and oxygen atoms in total. The first kappa shape index (κ1) is 12.5. The normalized spacial score (nSPS) is 11.2. The van der Waals surface area contributed by atoms with E-state index in [1.165, 1.54) is 4.90 Å². The molecule has 1 amide bonds. The minimum absolute atomic E-state index is 0.0112. The number of halogens is 1. The third-order valence-corrected chi connectivity index (χ3v) is 2.67. The average molecular weight is 286 g/mol. The molecule has 0 saturated heterocycles. The molecule has 1 aromatic carbocycles. The molecule has 0 spiro atoms. The fraction of sp³-hybridized carbons (Fsp3) is 0.200. The van der Waals surface area contributed by atoms with Crippen LogP contribution in [0, 0.1) is 0 Å². The number of rotatable bonds is 3. The maximum atomic E-state index is 11.9. The zero-order valence-corrected chi connectivity index (χ0v) is 10.3. The van der Waals surface area contributed by atoms with Crippen LogP contribution < -0.4 is 5.73 Å². The molecule has 0 heterocycles. The number of hydrogen-bond acceptors (Lipinski definition) is 3. The molecule has 3 N–H and O–H groups in total. The van der Waals surface area contributed by atoms with Crippen molar-refractivity contribution in [3.63, 3.8) is 0 Å². The Balaban J connectivity index is 2.83. The molecule has 6 heteroatoms. The summed E-state index contributed by atoms with van der Waals surface area (Å²) in [6, 6.07) is 7.08. The molecule has 0 unspecified atom stereocenters. The number of hydrogen-bond donors (Lipinski definition) is 2. The summed E-state index contributed by atoms with van der Waals surface area (Å²) in [6.45, 7) is 0.0800. The number of oxime groups is 1. The number of carbonyl (C=O) groups is 1. The topological polar surface area (TPSA) is 78.9 Å². The fourth-order valence-electron chi connectivity index (χ4n) is 1.19. The number of amidine groups is 1. The van der Waals surface area contributed by atoms with Gasteiger partial charge < -0.3 is 15.8 Å². The molecule has 1 aromatic rings. The second-order valence-electron chi connectivity index (χ2n) is 3.23. The molecule has 16 heavy (non-hydrogen) atoms. The highest BCUT2D eigenvalue weighted by Crippen LogP contribution is 2.17. The molecule has 0 fully saturated rings. The maximum Gasteiger partial charge on any atom is 0.255 e. The Bertz CT molecular complexity index is 420. The second-order valence-corrected chi connectivity index (χ2v) is 4.09. The number of amides is 1. The zero-order valence-electron chi connectivity index (χ0n) is 8.72. The molecule has 86 valence electrons. The lowest BCUT2D eigenvalue weighted by atomic mass is 10.2. The predicted molar refractivity (Wildman–Crippen MR) is 64.5 cm³/mol. The van der Waals surface area contributed by atoms with Crippen molar-refractivity contribution >= 4 is 27.7 Å². The second kappa shape index (κ2) is 5.50. The van der Waals surface area contributed by atoms with Gasteiger partial charge in [0.2, 0.25) is 0 Å². The number of nitrogens with two attached hydrogens (primary N) is 1. The molecule has 0 radical (unpaired) electrons. The molecule has 0 aliphatic carbocycles. The van der Waals surface area contributed by atoms with Crippen LogP contribution in [-0.4, -0.2) is 35.4 Å². The van der Waals surface area contributed by atoms with E-state index in [-0.39, 0.29) is 18.3 Å². The summed E-state index contributed by atoms with van der Waals surface area (Å²) in [6.07, 6.45) is 0. The van der Waals surface area contributed by atoms with E-state index in [1.807, 2.05) is 6.07 Å². The van der Waals surface area contributed by atoms with Crippen LogP contribution in [0.5, 0.6) is 0 Å². The minimum Gasteiger partial charge on any atom is -0.409 e. The Kier molecular flexibility index (Phi) is 4.30. The van der Waals surface area contributed by atoms with Gasteiger partial charge in [-0.05, 0) is 28.1 Å². The first-order valence-electron chi connectivity index (χ1n) is 4.52. The number of nitrogens with zero attached hydrogens (tertiary/aromatic N) is 2. The van der Waals surface area contributed by atoms with Crippen molar-refractivity contribution in [3.8, 4) is 0 Å². The highest BCUT2D eigenvalue weighted by atomic mass is 79.9. The summed E-state index contributed by atoms with van der Waals surface area (Å²) in [5, 5.41) is 11.2. The first-order chi connectivity index (χ1) is 7.56. The summed E-state index contributed by atoms with van der Waals surface area (Å²) in [4.78, 5) is 13.3. The van der Waals surface area contributed by atoms with Crippen molar-refractivity contribution in [1.82, 2.24) is 4.90 Å². The van der Waals surface area contributed by atoms with Crippen molar-refractivity contribution in [2.24, 2.45) is 10.9 Å². The summed E-state index contributed by atoms with van der Waals surface area (Å²) < 4.78 is 0.714. The molecule has 0 aliphatic heterocycles. The van der Waals surface area contributed by atoms with Crippen molar-refractivity contribution in [1.29, 1.82) is 0 Å². The average Bonchev–Trinajstić information content (AvgIpc) is 2.28. The lowest BCUT2D eigenvalue weighted by Crippen LogP contribution is -2.35. The zero-order chi connectivity index (χ0) is 12.1. The smallest absolute Gasteiger partial charge is 0.255 e. The van der Waals surface area contributed by atoms with Gasteiger partial charge >= 0.3 is 0 Å². The minimum atomic E-state index is -0.195. The van der Waals surface area contributed by atoms with E-state index in [2.05, 4.69) is 21.1 Å². The van der Waals surface area contributed by atoms with Gasteiger partial charge in [-0.15, -0.1) is 0 Å². The predicted octanol–water partition coefficient (Wildman–Crippen LogP) is 1.27. The summed E-state index contributed by atoms with van der Waals surface area (Å²) in [5.74, 6) is -0.207. The van der Waals surface area contributed by atoms with Crippen LogP contribution >= 0.6 is 15.9 Å². The van der Waals surface area contributed by atoms with Crippen LogP contribution in [0.4, 0.5) is 0 Å². The van der Waals surface area contributed by atoms with Gasteiger partial charge in [0.25, 0.3) is 5.91 Å². The summed E-state index contributed by atoms with van der Waals surface area (Å²) in [7, 11) is 1.58. The molecular formula is C10H12BrN3O2. The van der Waals surface area contributed by atoms with Gasteiger partial charge in [-0.2, -0.15) is 0 Å². The van der Waals surface area contributed by atoms with E-state index in [0.717, 1.165) is 0 Å². The third-order valence-electron chi connectivity index (χ3n) is 1.98. The molecular weight excluding hydrogens is 274 g/mol. The van der Waals surface area contributed by atoms with E-state index in [1.54, 1.807) is 25.2 Å². The van der Waals surface area contributed by atoms with Crippen LogP contribution in [0.1, 0.15) is 10.4 Å². The van der Waals surface area contributed by atoms with E-state index in [9.17, 15) is 4.79 Å². The quantitative estimate of drug-likeness (QED) is 0.380. The van der Waals surface area contributed by atoms with Crippen LogP contribution in [0.25, 0.3) is 0 Å². The van der Waals surface area contributed by atoms with Gasteiger partial charge in [-0.1, -0.05) is 17.3 Å².